The van der Waals surface area contributed by atoms with Crippen molar-refractivity contribution in [3.63, 3.8) is 0 Å². The van der Waals surface area contributed by atoms with Gasteiger partial charge in [0, 0.05) is 6.04 Å². The Bertz CT molecular complexity index is 367. The molecule has 0 fully saturated rings. The van der Waals surface area contributed by atoms with Gasteiger partial charge in [0.2, 0.25) is 5.91 Å². The lowest BCUT2D eigenvalue weighted by Crippen LogP contribution is -2.38. The van der Waals surface area contributed by atoms with Gasteiger partial charge in [-0.05, 0) is 18.6 Å². The van der Waals surface area contributed by atoms with Crippen LogP contribution in [0, 0.1) is 5.82 Å². The molecule has 0 aliphatic rings. The molecule has 0 radical (unpaired) electrons. The van der Waals surface area contributed by atoms with Crippen molar-refractivity contribution in [3.8, 4) is 0 Å². The monoisotopic (exact) mass is 240 g/mol. The zero-order valence-electron chi connectivity index (χ0n) is 9.74. The highest BCUT2D eigenvalue weighted by Gasteiger charge is 2.08. The summed E-state index contributed by atoms with van der Waals surface area (Å²) in [6, 6.07) is 5.88. The normalized spacial score (nSPS) is 12.2. The second kappa shape index (κ2) is 6.98. The molecule has 5 heteroatoms. The van der Waals surface area contributed by atoms with Gasteiger partial charge in [0.25, 0.3) is 0 Å². The van der Waals surface area contributed by atoms with E-state index in [1.54, 1.807) is 12.1 Å². The lowest BCUT2D eigenvalue weighted by molar-refractivity contribution is -0.115. The van der Waals surface area contributed by atoms with Crippen LogP contribution in [0.15, 0.2) is 24.3 Å². The van der Waals surface area contributed by atoms with Crippen molar-refractivity contribution in [1.29, 1.82) is 0 Å². The number of carbonyl (C=O) groups is 1. The van der Waals surface area contributed by atoms with Gasteiger partial charge in [-0.1, -0.05) is 19.1 Å². The lowest BCUT2D eigenvalue weighted by Gasteiger charge is -2.13. The van der Waals surface area contributed by atoms with Crippen LogP contribution in [0.4, 0.5) is 10.1 Å². The van der Waals surface area contributed by atoms with Crippen LogP contribution in [0.1, 0.15) is 13.3 Å². The first kappa shape index (κ1) is 13.6. The molecule has 1 aromatic rings. The topological polar surface area (TPSA) is 61.4 Å². The maximum atomic E-state index is 13.2. The Hall–Kier alpha value is -1.46. The number of aliphatic hydroxyl groups excluding tert-OH is 1. The molecule has 3 N–H and O–H groups in total. The molecule has 17 heavy (non-hydrogen) atoms. The molecular formula is C12H17FN2O2. The van der Waals surface area contributed by atoms with Gasteiger partial charge in [0.1, 0.15) is 5.82 Å². The average Bonchev–Trinajstić information content (AvgIpc) is 2.33. The summed E-state index contributed by atoms with van der Waals surface area (Å²) in [5, 5.41) is 14.2. The highest BCUT2D eigenvalue weighted by Crippen LogP contribution is 2.11. The second-order valence-electron chi connectivity index (χ2n) is 3.70. The zero-order chi connectivity index (χ0) is 12.7. The fourth-order valence-corrected chi connectivity index (χ4v) is 1.33. The second-order valence-corrected chi connectivity index (χ2v) is 3.70. The van der Waals surface area contributed by atoms with Crippen molar-refractivity contribution in [2.75, 3.05) is 18.5 Å². The van der Waals surface area contributed by atoms with Gasteiger partial charge in [-0.25, -0.2) is 4.39 Å². The molecule has 1 unspecified atom stereocenters. The highest BCUT2D eigenvalue weighted by molar-refractivity contribution is 5.92. The van der Waals surface area contributed by atoms with Gasteiger partial charge < -0.3 is 15.7 Å². The van der Waals surface area contributed by atoms with E-state index >= 15 is 0 Å². The van der Waals surface area contributed by atoms with E-state index in [1.165, 1.54) is 12.1 Å². The Morgan fingerprint density at radius 2 is 2.18 bits per heavy atom. The van der Waals surface area contributed by atoms with E-state index in [4.69, 9.17) is 5.11 Å². The van der Waals surface area contributed by atoms with E-state index in [0.29, 0.717) is 0 Å². The van der Waals surface area contributed by atoms with Crippen molar-refractivity contribution in [3.05, 3.63) is 30.1 Å². The number of hydrogen-bond acceptors (Lipinski definition) is 3. The summed E-state index contributed by atoms with van der Waals surface area (Å²) >= 11 is 0. The van der Waals surface area contributed by atoms with Gasteiger partial charge in [0.15, 0.2) is 0 Å². The predicted octanol–water partition coefficient (Wildman–Crippen LogP) is 1.12. The minimum absolute atomic E-state index is 0.0243. The van der Waals surface area contributed by atoms with Crippen molar-refractivity contribution >= 4 is 11.6 Å². The van der Waals surface area contributed by atoms with Crippen LogP contribution < -0.4 is 10.6 Å². The molecule has 0 spiro atoms. The van der Waals surface area contributed by atoms with Crippen molar-refractivity contribution < 1.29 is 14.3 Å². The first-order valence-electron chi connectivity index (χ1n) is 5.56. The van der Waals surface area contributed by atoms with Crippen LogP contribution in [0.25, 0.3) is 0 Å². The number of carbonyl (C=O) groups excluding carboxylic acids is 1. The van der Waals surface area contributed by atoms with E-state index in [0.717, 1.165) is 6.42 Å². The van der Waals surface area contributed by atoms with Gasteiger partial charge in [-0.3, -0.25) is 4.79 Å². The largest absolute Gasteiger partial charge is 0.395 e. The summed E-state index contributed by atoms with van der Waals surface area (Å²) in [4.78, 5) is 11.5. The molecule has 1 aromatic carbocycles. The van der Waals surface area contributed by atoms with E-state index in [-0.39, 0.29) is 30.8 Å². The summed E-state index contributed by atoms with van der Waals surface area (Å²) in [6.07, 6.45) is 0.726. The first-order valence-corrected chi connectivity index (χ1v) is 5.56. The van der Waals surface area contributed by atoms with Gasteiger partial charge in [-0.2, -0.15) is 0 Å². The fourth-order valence-electron chi connectivity index (χ4n) is 1.33. The lowest BCUT2D eigenvalue weighted by atomic mass is 10.2. The van der Waals surface area contributed by atoms with Crippen LogP contribution in [-0.4, -0.2) is 30.2 Å². The Morgan fingerprint density at radius 1 is 1.47 bits per heavy atom. The molecule has 0 aromatic heterocycles. The Kier molecular flexibility index (Phi) is 5.59. The maximum absolute atomic E-state index is 13.2. The van der Waals surface area contributed by atoms with Crippen molar-refractivity contribution in [1.82, 2.24) is 5.32 Å². The molecule has 0 aliphatic carbocycles. The highest BCUT2D eigenvalue weighted by atomic mass is 19.1. The van der Waals surface area contributed by atoms with Crippen LogP contribution in [0.5, 0.6) is 0 Å². The summed E-state index contributed by atoms with van der Waals surface area (Å²) < 4.78 is 13.2. The number of amides is 1. The predicted molar refractivity (Wildman–Crippen MR) is 64.2 cm³/mol. The van der Waals surface area contributed by atoms with E-state index < -0.39 is 5.82 Å². The Balaban J connectivity index is 2.42. The van der Waals surface area contributed by atoms with E-state index in [2.05, 4.69) is 10.6 Å². The minimum atomic E-state index is -0.463. The van der Waals surface area contributed by atoms with E-state index in [9.17, 15) is 9.18 Å². The Morgan fingerprint density at radius 3 is 2.76 bits per heavy atom. The molecule has 1 atom stereocenters. The van der Waals surface area contributed by atoms with Gasteiger partial charge in [0.05, 0.1) is 18.8 Å². The molecular weight excluding hydrogens is 223 g/mol. The van der Waals surface area contributed by atoms with Crippen LogP contribution in [0.3, 0.4) is 0 Å². The Labute approximate surface area is 99.8 Å². The molecule has 0 saturated carbocycles. The molecule has 0 heterocycles. The number of benzene rings is 1. The number of para-hydroxylation sites is 1. The first-order chi connectivity index (χ1) is 8.17. The number of nitrogens with one attached hydrogen (secondary N) is 2. The zero-order valence-corrected chi connectivity index (χ0v) is 9.74. The minimum Gasteiger partial charge on any atom is -0.395 e. The average molecular weight is 240 g/mol. The summed E-state index contributed by atoms with van der Waals surface area (Å²) in [5.41, 5.74) is 0.163. The molecule has 0 bridgehead atoms. The number of aliphatic hydroxyl groups is 1. The third kappa shape index (κ3) is 4.50. The summed E-state index contributed by atoms with van der Waals surface area (Å²) in [5.74, 6) is -0.794. The smallest absolute Gasteiger partial charge is 0.238 e. The summed E-state index contributed by atoms with van der Waals surface area (Å²) in [7, 11) is 0. The van der Waals surface area contributed by atoms with E-state index in [1.807, 2.05) is 6.92 Å². The fraction of sp³-hybridized carbons (Fsp3) is 0.417. The van der Waals surface area contributed by atoms with Crippen LogP contribution in [0.2, 0.25) is 0 Å². The number of rotatable bonds is 6. The number of hydrogen-bond donors (Lipinski definition) is 3. The van der Waals surface area contributed by atoms with Crippen molar-refractivity contribution in [2.45, 2.75) is 19.4 Å². The van der Waals surface area contributed by atoms with Gasteiger partial charge >= 0.3 is 0 Å². The molecule has 1 amide bonds. The molecule has 1 rings (SSSR count). The SMILES string of the molecule is CCC(CO)NCC(=O)Nc1ccccc1F. The molecule has 94 valence electrons. The number of anilines is 1. The number of halogens is 1. The van der Waals surface area contributed by atoms with Crippen molar-refractivity contribution in [2.24, 2.45) is 0 Å². The molecule has 0 aliphatic heterocycles. The standard InChI is InChI=1S/C12H17FN2O2/c1-2-9(8-16)14-7-12(17)15-11-6-4-3-5-10(11)13/h3-6,9,14,16H,2,7-8H2,1H3,(H,15,17). The molecule has 0 saturated heterocycles. The third-order valence-electron chi connectivity index (χ3n) is 2.41. The quantitative estimate of drug-likeness (QED) is 0.698. The summed E-state index contributed by atoms with van der Waals surface area (Å²) in [6.45, 7) is 1.93. The van der Waals surface area contributed by atoms with Crippen LogP contribution in [-0.2, 0) is 4.79 Å². The maximum Gasteiger partial charge on any atom is 0.238 e. The van der Waals surface area contributed by atoms with Crippen LogP contribution >= 0.6 is 0 Å². The molecule has 4 nitrogen and oxygen atoms in total. The van der Waals surface area contributed by atoms with Gasteiger partial charge in [-0.15, -0.1) is 0 Å². The third-order valence-corrected chi connectivity index (χ3v) is 2.41.